The van der Waals surface area contributed by atoms with Crippen LogP contribution >= 0.6 is 0 Å². The summed E-state index contributed by atoms with van der Waals surface area (Å²) in [6.07, 6.45) is 0. The van der Waals surface area contributed by atoms with Crippen LogP contribution in [0.15, 0.2) is 206 Å². The van der Waals surface area contributed by atoms with Crippen molar-refractivity contribution in [3.63, 3.8) is 0 Å². The molecule has 0 fully saturated rings. The van der Waals surface area contributed by atoms with Crippen molar-refractivity contribution in [2.75, 3.05) is 0 Å². The number of rotatable bonds is 3. The summed E-state index contributed by atoms with van der Waals surface area (Å²) in [5.41, 5.74) is 16.3. The molecule has 1 atom stereocenters. The summed E-state index contributed by atoms with van der Waals surface area (Å²) in [4.78, 5) is 0. The Labute approximate surface area is 320 Å². The number of hydrogen-bond acceptors (Lipinski definition) is 1. The molecular weight excluding hydrogens is 665 g/mol. The van der Waals surface area contributed by atoms with Gasteiger partial charge in [0.1, 0.15) is 11.5 Å². The minimum atomic E-state index is -0.590. The molecule has 2 aliphatic carbocycles. The molecule has 1 heteroatoms. The first-order valence-corrected chi connectivity index (χ1v) is 19.2. The SMILES string of the molecule is c1ccc(C2(c3ccccc3-c3cccc4c3Oc3ccccc3C43c4ccccc4-c4ccccc43)c3ccccc3-c3c2ccc2ccccc32)cc1. The van der Waals surface area contributed by atoms with Crippen LogP contribution in [0.1, 0.15) is 44.5 Å². The lowest BCUT2D eigenvalue weighted by Crippen LogP contribution is -2.32. The first kappa shape index (κ1) is 30.5. The van der Waals surface area contributed by atoms with E-state index in [-0.39, 0.29) is 0 Å². The lowest BCUT2D eigenvalue weighted by Gasteiger charge is -2.40. The predicted octanol–water partition coefficient (Wildman–Crippen LogP) is 13.3. The van der Waals surface area contributed by atoms with Crippen LogP contribution in [-0.2, 0) is 10.8 Å². The van der Waals surface area contributed by atoms with Crippen molar-refractivity contribution in [3.8, 4) is 44.9 Å². The molecule has 256 valence electrons. The van der Waals surface area contributed by atoms with E-state index >= 15 is 0 Å². The number of para-hydroxylation sites is 2. The highest BCUT2D eigenvalue weighted by Crippen LogP contribution is 2.64. The fourth-order valence-electron chi connectivity index (χ4n) is 10.6. The molecular formula is C54H34O. The van der Waals surface area contributed by atoms with Crippen LogP contribution in [0, 0.1) is 0 Å². The summed E-state index contributed by atoms with van der Waals surface area (Å²) in [7, 11) is 0. The highest BCUT2D eigenvalue weighted by atomic mass is 16.5. The fourth-order valence-corrected chi connectivity index (χ4v) is 10.6. The molecule has 1 nitrogen and oxygen atoms in total. The van der Waals surface area contributed by atoms with Gasteiger partial charge in [-0.05, 0) is 78.0 Å². The Morgan fingerprint density at radius 2 is 0.782 bits per heavy atom. The minimum absolute atomic E-state index is 0.537. The van der Waals surface area contributed by atoms with Gasteiger partial charge in [0.2, 0.25) is 0 Å². The number of fused-ring (bicyclic) bond motifs is 14. The molecule has 0 amide bonds. The summed E-state index contributed by atoms with van der Waals surface area (Å²) < 4.78 is 7.23. The minimum Gasteiger partial charge on any atom is -0.456 e. The van der Waals surface area contributed by atoms with Gasteiger partial charge in [-0.3, -0.25) is 0 Å². The standard InChI is InChI=1S/C54H34O/c1-2-18-36(19-3-1)53(46-29-13-9-24-42(46)51-37-20-5-4-17-35(37)33-34-48(51)53)43-26-10-8-23-40(43)41-25-16-31-49-52(41)55-50-32-15-14-30-47(50)54(49)44-27-11-6-21-38(44)39-22-7-12-28-45(39)54/h1-34H. The van der Waals surface area contributed by atoms with E-state index in [1.165, 1.54) is 77.5 Å². The van der Waals surface area contributed by atoms with Crippen LogP contribution in [0.5, 0.6) is 11.5 Å². The molecule has 0 radical (unpaired) electrons. The van der Waals surface area contributed by atoms with E-state index in [4.69, 9.17) is 4.74 Å². The van der Waals surface area contributed by atoms with Gasteiger partial charge in [0, 0.05) is 16.7 Å². The van der Waals surface area contributed by atoms with Crippen molar-refractivity contribution in [3.05, 3.63) is 251 Å². The van der Waals surface area contributed by atoms with Crippen LogP contribution in [0.3, 0.4) is 0 Å². The third-order valence-corrected chi connectivity index (χ3v) is 12.6. The lowest BCUT2D eigenvalue weighted by molar-refractivity contribution is 0.438. The van der Waals surface area contributed by atoms with E-state index in [1.807, 2.05) is 0 Å². The molecule has 1 aliphatic heterocycles. The Morgan fingerprint density at radius 3 is 1.49 bits per heavy atom. The Balaban J connectivity index is 1.20. The average molecular weight is 699 g/mol. The van der Waals surface area contributed by atoms with Gasteiger partial charge >= 0.3 is 0 Å². The van der Waals surface area contributed by atoms with Gasteiger partial charge in [-0.25, -0.2) is 0 Å². The van der Waals surface area contributed by atoms with Crippen molar-refractivity contribution in [1.29, 1.82) is 0 Å². The fraction of sp³-hybridized carbons (Fsp3) is 0.0370. The molecule has 1 unspecified atom stereocenters. The van der Waals surface area contributed by atoms with E-state index < -0.39 is 10.8 Å². The van der Waals surface area contributed by atoms with Crippen molar-refractivity contribution in [1.82, 2.24) is 0 Å². The van der Waals surface area contributed by atoms with E-state index in [9.17, 15) is 0 Å². The molecule has 0 saturated carbocycles. The monoisotopic (exact) mass is 698 g/mol. The molecule has 9 aromatic carbocycles. The second-order valence-electron chi connectivity index (χ2n) is 15.0. The van der Waals surface area contributed by atoms with E-state index in [0.29, 0.717) is 0 Å². The van der Waals surface area contributed by atoms with Gasteiger partial charge in [0.05, 0.1) is 10.8 Å². The topological polar surface area (TPSA) is 9.23 Å². The maximum Gasteiger partial charge on any atom is 0.140 e. The predicted molar refractivity (Wildman–Crippen MR) is 224 cm³/mol. The maximum absolute atomic E-state index is 7.23. The van der Waals surface area contributed by atoms with Crippen LogP contribution in [-0.4, -0.2) is 0 Å². The number of benzene rings is 9. The molecule has 1 heterocycles. The van der Waals surface area contributed by atoms with Crippen LogP contribution in [0.2, 0.25) is 0 Å². The van der Waals surface area contributed by atoms with Gasteiger partial charge in [-0.2, -0.15) is 0 Å². The molecule has 1 spiro atoms. The van der Waals surface area contributed by atoms with E-state index in [1.54, 1.807) is 0 Å². The van der Waals surface area contributed by atoms with Gasteiger partial charge in [-0.1, -0.05) is 200 Å². The molecule has 12 rings (SSSR count). The van der Waals surface area contributed by atoms with Crippen LogP contribution < -0.4 is 4.74 Å². The second kappa shape index (κ2) is 11.3. The molecule has 3 aliphatic rings. The zero-order valence-electron chi connectivity index (χ0n) is 30.0. The third-order valence-electron chi connectivity index (χ3n) is 12.6. The van der Waals surface area contributed by atoms with Gasteiger partial charge < -0.3 is 4.74 Å². The maximum atomic E-state index is 7.23. The van der Waals surface area contributed by atoms with Gasteiger partial charge in [-0.15, -0.1) is 0 Å². The quantitative estimate of drug-likeness (QED) is 0.178. The average Bonchev–Trinajstić information content (AvgIpc) is 3.73. The highest BCUT2D eigenvalue weighted by molar-refractivity contribution is 6.04. The molecule has 0 bridgehead atoms. The van der Waals surface area contributed by atoms with Crippen LogP contribution in [0.4, 0.5) is 0 Å². The Bertz CT molecular complexity index is 2980. The normalized spacial score (nSPS) is 16.4. The highest BCUT2D eigenvalue weighted by Gasteiger charge is 2.52. The molecule has 0 saturated heterocycles. The molecule has 0 aromatic heterocycles. The van der Waals surface area contributed by atoms with E-state index in [0.717, 1.165) is 22.6 Å². The summed E-state index contributed by atoms with van der Waals surface area (Å²) in [6.45, 7) is 0. The Kier molecular flexibility index (Phi) is 6.25. The second-order valence-corrected chi connectivity index (χ2v) is 15.0. The van der Waals surface area contributed by atoms with Gasteiger partial charge in [0.25, 0.3) is 0 Å². The summed E-state index contributed by atoms with van der Waals surface area (Å²) in [6, 6.07) is 76.1. The first-order chi connectivity index (χ1) is 27.3. The summed E-state index contributed by atoms with van der Waals surface area (Å²) in [5, 5.41) is 2.53. The zero-order chi connectivity index (χ0) is 36.1. The molecule has 9 aromatic rings. The Hall–Kier alpha value is -6.96. The van der Waals surface area contributed by atoms with Crippen molar-refractivity contribution in [2.24, 2.45) is 0 Å². The molecule has 0 N–H and O–H groups in total. The summed E-state index contributed by atoms with van der Waals surface area (Å²) >= 11 is 0. The Morgan fingerprint density at radius 1 is 0.291 bits per heavy atom. The number of hydrogen-bond donors (Lipinski definition) is 0. The summed E-state index contributed by atoms with van der Waals surface area (Å²) in [5.74, 6) is 1.81. The zero-order valence-corrected chi connectivity index (χ0v) is 30.0. The van der Waals surface area contributed by atoms with Gasteiger partial charge in [0.15, 0.2) is 0 Å². The smallest absolute Gasteiger partial charge is 0.140 e. The lowest BCUT2D eigenvalue weighted by atomic mass is 9.64. The van der Waals surface area contributed by atoms with Crippen molar-refractivity contribution < 1.29 is 4.74 Å². The third kappa shape index (κ3) is 3.82. The number of ether oxygens (including phenoxy) is 1. The molecule has 55 heavy (non-hydrogen) atoms. The largest absolute Gasteiger partial charge is 0.456 e. The van der Waals surface area contributed by atoms with Crippen molar-refractivity contribution >= 4 is 10.8 Å². The first-order valence-electron chi connectivity index (χ1n) is 19.2. The van der Waals surface area contributed by atoms with Crippen LogP contribution in [0.25, 0.3) is 44.2 Å². The van der Waals surface area contributed by atoms with E-state index in [2.05, 4.69) is 206 Å². The van der Waals surface area contributed by atoms with Crippen molar-refractivity contribution in [2.45, 2.75) is 10.8 Å².